The molecule has 8 fully saturated rings. The molecule has 16 nitrogen and oxygen atoms in total. The van der Waals surface area contributed by atoms with E-state index in [1.54, 1.807) is 51.4 Å². The highest BCUT2D eigenvalue weighted by atomic mass is 31.1. The molecule has 0 atom stereocenters. The van der Waals surface area contributed by atoms with Crippen LogP contribution in [0.1, 0.15) is 397 Å². The Bertz CT molecular complexity index is 2970. The van der Waals surface area contributed by atoms with Crippen molar-refractivity contribution in [2.45, 2.75) is 397 Å². The smallest absolute Gasteiger partial charge is 0.268 e. The van der Waals surface area contributed by atoms with Crippen molar-refractivity contribution in [2.24, 2.45) is 47.3 Å². The van der Waals surface area contributed by atoms with Gasteiger partial charge < -0.3 is 0 Å². The first-order chi connectivity index (χ1) is 60.3. The van der Waals surface area contributed by atoms with Crippen molar-refractivity contribution in [3.63, 3.8) is 0 Å². The van der Waals surface area contributed by atoms with Crippen molar-refractivity contribution in [3.8, 4) is 47.4 Å². The summed E-state index contributed by atoms with van der Waals surface area (Å²) >= 11 is 0. The Morgan fingerprint density at radius 1 is 0.250 bits per heavy atom. The Hall–Kier alpha value is -4.60. The van der Waals surface area contributed by atoms with Gasteiger partial charge in [0.05, 0.1) is 67.0 Å². The highest BCUT2D eigenvalue weighted by Gasteiger charge is 2.39. The molecule has 0 N–H and O–H groups in total. The summed E-state index contributed by atoms with van der Waals surface area (Å²) in [5, 5.41) is 40.2. The third kappa shape index (κ3) is 44.3. The Kier molecular flexibility index (Phi) is 77.7. The lowest BCUT2D eigenvalue weighted by Crippen LogP contribution is -2.31. The van der Waals surface area contributed by atoms with Crippen LogP contribution in [0.25, 0.3) is 19.4 Å². The third-order valence-electron chi connectivity index (χ3n) is 24.6. The van der Waals surface area contributed by atoms with E-state index in [4.69, 9.17) is 26.3 Å². The molecular formula is C104H184N16P4. The van der Waals surface area contributed by atoms with Gasteiger partial charge in [0.25, 0.3) is 22.8 Å². The van der Waals surface area contributed by atoms with Crippen LogP contribution in [-0.2, 0) is 0 Å². The minimum Gasteiger partial charge on any atom is -0.268 e. The fourth-order valence-corrected chi connectivity index (χ4v) is 27.9. The van der Waals surface area contributed by atoms with Crippen molar-refractivity contribution in [3.05, 3.63) is 90.2 Å². The maximum Gasteiger partial charge on any atom is 0.270 e. The molecule has 20 heteroatoms. The van der Waals surface area contributed by atoms with E-state index in [1.165, 1.54) is 128 Å². The van der Waals surface area contributed by atoms with E-state index in [1.807, 2.05) is 0 Å². The van der Waals surface area contributed by atoms with Gasteiger partial charge in [-0.2, -0.15) is 0 Å². The molecule has 8 aliphatic carbocycles. The molecule has 0 aromatic carbocycles. The molecular weight excluding hydrogens is 1600 g/mol. The predicted octanol–water partition coefficient (Wildman–Crippen LogP) is 31.7. The second-order valence-electron chi connectivity index (χ2n) is 33.5. The second kappa shape index (κ2) is 79.4. The summed E-state index contributed by atoms with van der Waals surface area (Å²) in [6.45, 7) is 97.1. The molecule has 0 saturated heterocycles. The normalized spacial score (nSPS) is 17.6. The van der Waals surface area contributed by atoms with Crippen LogP contribution in [0, 0.1) is 142 Å². The summed E-state index contributed by atoms with van der Waals surface area (Å²) in [7, 11) is -3.09. The average molecular weight is 1780 g/mol. The van der Waals surface area contributed by atoms with Crippen molar-refractivity contribution >= 4 is 32.9 Å². The van der Waals surface area contributed by atoms with Gasteiger partial charge in [0, 0.05) is 127 Å². The molecule has 0 radical (unpaired) electrons. The van der Waals surface area contributed by atoms with Crippen molar-refractivity contribution in [1.29, 1.82) is 21.0 Å². The van der Waals surface area contributed by atoms with E-state index >= 15 is 0 Å². The SMILES string of the molecule is C1CCC(C2CCCC2)C1.C1CCC(C2CCCC2)C1.CCC.CCC.CCC.CCC.CCN(CC)P(C#CC1CCCC1)N(CC)CC.CCN(CC)P(C#CC1CCCC1)N(CC)CC.[C-]#[N+]/C(C#N)=C(/C(=C(/C#N)[N+]#[C-])P(N(CC)CC)N(CC)CC)C1CCCC1.[C-]#[N+]/C(C#N)=C(\C(=C(/C#N)[N+]#[C-])P(N(CC)CC)N(CC)CC)C1CCCC1. The maximum absolute atomic E-state index is 9.79. The summed E-state index contributed by atoms with van der Waals surface area (Å²) in [5.74, 6) is 13.3. The molecule has 8 rings (SSSR count). The van der Waals surface area contributed by atoms with Crippen molar-refractivity contribution < 1.29 is 0 Å². The minimum atomic E-state index is -1.14. The molecule has 124 heavy (non-hydrogen) atoms. The molecule has 0 heterocycles. The number of rotatable bonds is 32. The van der Waals surface area contributed by atoms with Crippen LogP contribution in [0.15, 0.2) is 44.6 Å². The topological polar surface area (TPSA) is 139 Å². The summed E-state index contributed by atoms with van der Waals surface area (Å²) in [4.78, 5) is 14.2. The quantitative estimate of drug-likeness (QED) is 0.0208. The summed E-state index contributed by atoms with van der Waals surface area (Å²) in [6, 6.07) is 8.31. The zero-order valence-corrected chi connectivity index (χ0v) is 87.9. The van der Waals surface area contributed by atoms with Gasteiger partial charge in [0.1, 0.15) is 16.4 Å². The van der Waals surface area contributed by atoms with Gasteiger partial charge in [-0.25, -0.2) is 40.4 Å². The molecule has 8 aliphatic rings. The van der Waals surface area contributed by atoms with Gasteiger partial charge in [-0.1, -0.05) is 358 Å². The molecule has 0 unspecified atom stereocenters. The summed E-state index contributed by atoms with van der Waals surface area (Å²) in [5.41, 5.74) is 8.74. The minimum absolute atomic E-state index is 0.0308. The Morgan fingerprint density at radius 3 is 0.565 bits per heavy atom. The lowest BCUT2D eigenvalue weighted by atomic mass is 9.90. The average Bonchev–Trinajstić information content (AvgIpc) is 1.15. The largest absolute Gasteiger partial charge is 0.270 e. The lowest BCUT2D eigenvalue weighted by Gasteiger charge is -2.41. The standard InChI is InChI=1S/2C21H29N6P.2C15H29N2P.2C10H18.4C3H8/c2*1-7-26(8-2)28(27(9-3)10-4)21(19(16-23)25-6)20(18(15-22)24-5)17-13-11-12-14-17;2*1-5-16(6-2)18(17(7-3)8-4)14-13-15-11-9-10-12-15;2*1-2-6-9(5-1)10-7-3-4-8-10;4*1-3-2/h2*17H,7-14H2,1-4H3;2*15H,5-12H2,1-4H3;2*9-10H,1-8H2;4*3H2,1-2H3/b20-18+,21-19+;20-18-,21-19-;;;;;;;;. The first-order valence-corrected chi connectivity index (χ1v) is 55.6. The van der Waals surface area contributed by atoms with Crippen molar-refractivity contribution in [1.82, 2.24) is 37.4 Å². The van der Waals surface area contributed by atoms with Gasteiger partial charge in [-0.15, -0.1) is 0 Å². The number of hydrogen-bond acceptors (Lipinski definition) is 12. The van der Waals surface area contributed by atoms with E-state index in [-0.39, 0.29) is 34.6 Å². The zero-order valence-electron chi connectivity index (χ0n) is 84.3. The Morgan fingerprint density at radius 2 is 0.411 bits per heavy atom. The van der Waals surface area contributed by atoms with E-state index < -0.39 is 32.9 Å². The summed E-state index contributed by atoms with van der Waals surface area (Å²) in [6.07, 6.45) is 48.3. The van der Waals surface area contributed by atoms with Crippen LogP contribution >= 0.6 is 32.9 Å². The first-order valence-electron chi connectivity index (χ1n) is 50.6. The third-order valence-corrected chi connectivity index (χ3v) is 35.8. The second-order valence-corrected chi connectivity index (χ2v) is 41.7. The van der Waals surface area contributed by atoms with E-state index in [0.29, 0.717) is 33.6 Å². The highest BCUT2D eigenvalue weighted by Crippen LogP contribution is 2.61. The molecule has 8 saturated carbocycles. The zero-order chi connectivity index (χ0) is 93.4. The molecule has 700 valence electrons. The molecule has 0 bridgehead atoms. The van der Waals surface area contributed by atoms with Gasteiger partial charge in [0.2, 0.25) is 0 Å². The van der Waals surface area contributed by atoms with Gasteiger partial charge in [-0.3, -0.25) is 37.4 Å². The van der Waals surface area contributed by atoms with E-state index in [2.05, 4.69) is 270 Å². The molecule has 0 spiro atoms. The molecule has 0 aromatic heterocycles. The number of nitrogens with zero attached hydrogens (tertiary/aromatic N) is 16. The lowest BCUT2D eigenvalue weighted by molar-refractivity contribution is 0.347. The maximum atomic E-state index is 9.79. The van der Waals surface area contributed by atoms with Gasteiger partial charge >= 0.3 is 0 Å². The van der Waals surface area contributed by atoms with Crippen LogP contribution in [0.2, 0.25) is 0 Å². The number of nitriles is 4. The fourth-order valence-electron chi connectivity index (χ4n) is 18.3. The van der Waals surface area contributed by atoms with Gasteiger partial charge in [-0.05, 0) is 109 Å². The van der Waals surface area contributed by atoms with Crippen LogP contribution in [0.3, 0.4) is 0 Å². The van der Waals surface area contributed by atoms with Crippen LogP contribution in [-0.4, -0.2) is 142 Å². The first kappa shape index (κ1) is 121. The fraction of sp³-hybridized carbons (Fsp3) is 0.808. The number of hydrogen-bond donors (Lipinski definition) is 0. The highest BCUT2D eigenvalue weighted by molar-refractivity contribution is 7.59. The van der Waals surface area contributed by atoms with Crippen LogP contribution in [0.4, 0.5) is 0 Å². The Labute approximate surface area is 773 Å². The van der Waals surface area contributed by atoms with Crippen molar-refractivity contribution in [2.75, 3.05) is 105 Å². The molecule has 0 amide bonds. The van der Waals surface area contributed by atoms with Crippen LogP contribution < -0.4 is 0 Å². The molecule has 0 aromatic rings. The predicted molar refractivity (Wildman–Crippen MR) is 543 cm³/mol. The van der Waals surface area contributed by atoms with Crippen LogP contribution in [0.5, 0.6) is 0 Å². The Balaban J connectivity index is 0. The van der Waals surface area contributed by atoms with E-state index in [0.717, 1.165) is 180 Å². The van der Waals surface area contributed by atoms with E-state index in [9.17, 15) is 21.0 Å². The number of allylic oxidation sites excluding steroid dienone is 8. The summed E-state index contributed by atoms with van der Waals surface area (Å²) < 4.78 is 19.2. The van der Waals surface area contributed by atoms with Gasteiger partial charge in [0.15, 0.2) is 0 Å². The molecule has 0 aliphatic heterocycles. The monoisotopic (exact) mass is 1780 g/mol.